The van der Waals surface area contributed by atoms with Crippen LogP contribution in [-0.4, -0.2) is 194 Å². The molecular weight excluding hydrogens is 784 g/mol. The lowest BCUT2D eigenvalue weighted by Gasteiger charge is -2.46. The number of unbranched alkanes of at least 4 members (excludes halogenated alkanes) is 3. The fourth-order valence-corrected chi connectivity index (χ4v) is 8.17. The van der Waals surface area contributed by atoms with Gasteiger partial charge in [0, 0.05) is 25.4 Å². The van der Waals surface area contributed by atoms with E-state index in [-0.39, 0.29) is 37.4 Å². The predicted octanol–water partition coefficient (Wildman–Crippen LogP) is -2.98. The molecule has 0 aromatic rings. The van der Waals surface area contributed by atoms with Crippen molar-refractivity contribution < 1.29 is 89.1 Å². The van der Waals surface area contributed by atoms with Gasteiger partial charge in [0.1, 0.15) is 73.2 Å². The van der Waals surface area contributed by atoms with E-state index in [4.69, 9.17) is 28.4 Å². The molecule has 59 heavy (non-hydrogen) atoms. The highest BCUT2D eigenvalue weighted by Gasteiger charge is 2.52. The van der Waals surface area contributed by atoms with E-state index in [1.165, 1.54) is 25.7 Å². The lowest BCUT2D eigenvalue weighted by atomic mass is 9.81. The maximum absolute atomic E-state index is 12.6. The Morgan fingerprint density at radius 2 is 1.20 bits per heavy atom. The Bertz CT molecular complexity index is 1240. The SMILES string of the molecule is CC1CCCCCC(C(C)NC(=O)CCCCCCC(=O)NCCOC2OC(COC3OC(CO)C(O)C(O)C3O)C(O)C(OC3OC(CO)C(O)C(O)C3O)C2O)C1. The van der Waals surface area contributed by atoms with Crippen LogP contribution in [0.15, 0.2) is 0 Å². The number of hydrogen-bond donors (Lipinski definition) is 12. The van der Waals surface area contributed by atoms with Gasteiger partial charge in [-0.25, -0.2) is 0 Å². The number of rotatable bonds is 20. The number of amides is 2. The number of hydrogen-bond acceptors (Lipinski definition) is 18. The van der Waals surface area contributed by atoms with Crippen molar-refractivity contribution in [3.8, 4) is 0 Å². The Kier molecular flexibility index (Phi) is 21.0. The van der Waals surface area contributed by atoms with Crippen LogP contribution in [0.2, 0.25) is 0 Å². The Morgan fingerprint density at radius 3 is 1.85 bits per heavy atom. The summed E-state index contributed by atoms with van der Waals surface area (Å²) in [6, 6.07) is 0.155. The molecule has 12 N–H and O–H groups in total. The fraction of sp³-hybridized carbons (Fsp3) is 0.949. The molecule has 0 aromatic heterocycles. The summed E-state index contributed by atoms with van der Waals surface area (Å²) in [7, 11) is 0. The van der Waals surface area contributed by atoms with Gasteiger partial charge in [-0.1, -0.05) is 45.4 Å². The molecule has 4 aliphatic rings. The van der Waals surface area contributed by atoms with E-state index in [0.717, 1.165) is 32.1 Å². The summed E-state index contributed by atoms with van der Waals surface area (Å²) in [5.74, 6) is 1.00. The molecule has 0 aromatic carbocycles. The molecule has 3 saturated heterocycles. The smallest absolute Gasteiger partial charge is 0.220 e. The topological polar surface area (TPSA) is 316 Å². The summed E-state index contributed by atoms with van der Waals surface area (Å²) >= 11 is 0. The average Bonchev–Trinajstić information content (AvgIpc) is 3.20. The third-order valence-electron chi connectivity index (χ3n) is 11.9. The summed E-state index contributed by atoms with van der Waals surface area (Å²) in [6.45, 7) is 2.11. The second kappa shape index (κ2) is 24.8. The predicted molar refractivity (Wildman–Crippen MR) is 204 cm³/mol. The van der Waals surface area contributed by atoms with Crippen molar-refractivity contribution in [1.29, 1.82) is 0 Å². The maximum atomic E-state index is 12.6. The monoisotopic (exact) mass is 854 g/mol. The summed E-state index contributed by atoms with van der Waals surface area (Å²) < 4.78 is 33.4. The summed E-state index contributed by atoms with van der Waals surface area (Å²) in [6.07, 6.45) is -14.0. The third-order valence-corrected chi connectivity index (χ3v) is 11.9. The first-order valence-corrected chi connectivity index (χ1v) is 21.2. The van der Waals surface area contributed by atoms with Crippen molar-refractivity contribution in [3.05, 3.63) is 0 Å². The number of carbonyl (C=O) groups excluding carboxylic acids is 2. The number of ether oxygens (including phenoxy) is 6. The van der Waals surface area contributed by atoms with Crippen molar-refractivity contribution in [3.63, 3.8) is 0 Å². The molecule has 4 rings (SSSR count). The van der Waals surface area contributed by atoms with Gasteiger partial charge in [-0.2, -0.15) is 0 Å². The maximum Gasteiger partial charge on any atom is 0.220 e. The normalized spacial score (nSPS) is 40.1. The van der Waals surface area contributed by atoms with E-state index in [2.05, 4.69) is 24.5 Å². The van der Waals surface area contributed by atoms with E-state index >= 15 is 0 Å². The highest BCUT2D eigenvalue weighted by Crippen LogP contribution is 2.32. The van der Waals surface area contributed by atoms with Gasteiger partial charge < -0.3 is 90.1 Å². The minimum absolute atomic E-state index is 0.00361. The zero-order valence-corrected chi connectivity index (χ0v) is 34.2. The third kappa shape index (κ3) is 14.4. The summed E-state index contributed by atoms with van der Waals surface area (Å²) in [5.41, 5.74) is 0. The van der Waals surface area contributed by atoms with Crippen LogP contribution >= 0.6 is 0 Å². The second-order valence-corrected chi connectivity index (χ2v) is 16.6. The van der Waals surface area contributed by atoms with Gasteiger partial charge in [-0.05, 0) is 44.4 Å². The molecule has 4 fully saturated rings. The van der Waals surface area contributed by atoms with Crippen LogP contribution in [0.25, 0.3) is 0 Å². The number of aliphatic hydroxyl groups is 10. The zero-order valence-electron chi connectivity index (χ0n) is 34.2. The van der Waals surface area contributed by atoms with Crippen LogP contribution in [0.3, 0.4) is 0 Å². The first-order chi connectivity index (χ1) is 28.2. The van der Waals surface area contributed by atoms with Gasteiger partial charge >= 0.3 is 0 Å². The molecule has 0 spiro atoms. The molecule has 1 aliphatic carbocycles. The molecule has 2 amide bonds. The molecule has 18 unspecified atom stereocenters. The highest BCUT2D eigenvalue weighted by molar-refractivity contribution is 5.76. The van der Waals surface area contributed by atoms with Gasteiger partial charge in [-0.15, -0.1) is 0 Å². The van der Waals surface area contributed by atoms with Gasteiger partial charge in [0.05, 0.1) is 26.4 Å². The molecule has 1 saturated carbocycles. The molecule has 20 heteroatoms. The van der Waals surface area contributed by atoms with E-state index in [1.54, 1.807) is 0 Å². The van der Waals surface area contributed by atoms with Crippen molar-refractivity contribution in [2.24, 2.45) is 11.8 Å². The minimum atomic E-state index is -1.88. The second-order valence-electron chi connectivity index (χ2n) is 16.6. The van der Waals surface area contributed by atoms with E-state index in [9.17, 15) is 60.7 Å². The summed E-state index contributed by atoms with van der Waals surface area (Å²) in [5, 5.41) is 109. The van der Waals surface area contributed by atoms with Crippen LogP contribution in [0.1, 0.15) is 90.9 Å². The Labute approximate surface area is 345 Å². The largest absolute Gasteiger partial charge is 0.394 e. The van der Waals surface area contributed by atoms with E-state index in [1.807, 2.05) is 0 Å². The fourth-order valence-electron chi connectivity index (χ4n) is 8.17. The van der Waals surface area contributed by atoms with Gasteiger partial charge in [0.15, 0.2) is 18.9 Å². The Balaban J connectivity index is 1.22. The standard InChI is InChI=1S/C39H70N2O18/c1-20-10-6-5-7-11-22(16-20)21(2)41-27(45)13-9-4-3-8-12-26(44)40-14-15-54-38-35(53)36(59-39-34(52)32(50)29(47)24(18-43)57-39)30(48)25(58-38)19-55-37-33(51)31(49)28(46)23(17-42)56-37/h20-25,28-39,42-43,46-53H,3-19H2,1-2H3,(H,40,44)(H,41,45). The first kappa shape index (κ1) is 50.0. The number of carbonyl (C=O) groups is 2. The first-order valence-electron chi connectivity index (χ1n) is 21.2. The Hall–Kier alpha value is -1.70. The minimum Gasteiger partial charge on any atom is -0.394 e. The lowest BCUT2D eigenvalue weighted by Crippen LogP contribution is -2.65. The van der Waals surface area contributed by atoms with Crippen LogP contribution in [0, 0.1) is 11.8 Å². The Morgan fingerprint density at radius 1 is 0.644 bits per heavy atom. The molecule has 0 radical (unpaired) electrons. The van der Waals surface area contributed by atoms with E-state index < -0.39 is 112 Å². The highest BCUT2D eigenvalue weighted by atomic mass is 16.7. The van der Waals surface area contributed by atoms with Crippen LogP contribution in [0.4, 0.5) is 0 Å². The van der Waals surface area contributed by atoms with Crippen LogP contribution in [-0.2, 0) is 38.0 Å². The van der Waals surface area contributed by atoms with Crippen molar-refractivity contribution >= 4 is 11.8 Å². The molecule has 20 nitrogen and oxygen atoms in total. The molecule has 3 aliphatic heterocycles. The van der Waals surface area contributed by atoms with Gasteiger partial charge in [-0.3, -0.25) is 9.59 Å². The molecule has 344 valence electrons. The van der Waals surface area contributed by atoms with Crippen molar-refractivity contribution in [2.45, 2.75) is 189 Å². The quantitative estimate of drug-likeness (QED) is 0.0544. The van der Waals surface area contributed by atoms with Gasteiger partial charge in [0.25, 0.3) is 0 Å². The van der Waals surface area contributed by atoms with E-state index in [0.29, 0.717) is 24.7 Å². The number of nitrogens with one attached hydrogen (secondary N) is 2. The van der Waals surface area contributed by atoms with Crippen molar-refractivity contribution in [2.75, 3.05) is 33.0 Å². The average molecular weight is 855 g/mol. The number of aliphatic hydroxyl groups excluding tert-OH is 10. The molecule has 3 heterocycles. The van der Waals surface area contributed by atoms with Crippen LogP contribution in [0.5, 0.6) is 0 Å². The molecule has 0 bridgehead atoms. The molecule has 18 atom stereocenters. The lowest BCUT2D eigenvalue weighted by molar-refractivity contribution is -0.366. The van der Waals surface area contributed by atoms with Gasteiger partial charge in [0.2, 0.25) is 11.8 Å². The van der Waals surface area contributed by atoms with Crippen molar-refractivity contribution in [1.82, 2.24) is 10.6 Å². The summed E-state index contributed by atoms with van der Waals surface area (Å²) in [4.78, 5) is 25.1. The molecular formula is C39H70N2O18. The zero-order chi connectivity index (χ0) is 43.2. The van der Waals surface area contributed by atoms with Crippen LogP contribution < -0.4 is 10.6 Å².